The number of aryl methyl sites for hydroxylation is 1. The van der Waals surface area contributed by atoms with Crippen molar-refractivity contribution in [1.82, 2.24) is 4.57 Å². The van der Waals surface area contributed by atoms with Crippen LogP contribution in [-0.4, -0.2) is 4.57 Å². The fourth-order valence-electron chi connectivity index (χ4n) is 3.44. The van der Waals surface area contributed by atoms with E-state index in [9.17, 15) is 5.26 Å². The monoisotopic (exact) mass is 323 g/mol. The Morgan fingerprint density at radius 3 is 2.58 bits per heavy atom. The second-order valence-electron chi connectivity index (χ2n) is 6.99. The molecule has 0 unspecified atom stereocenters. The number of rotatable bonds is 4. The SMILES string of the molecule is Cc1ccc(C(C)C)cc1Oc1c(N)cc(C#N)n1C1CCCC1. The predicted molar refractivity (Wildman–Crippen MR) is 96.4 cm³/mol. The third-order valence-corrected chi connectivity index (χ3v) is 4.91. The first-order valence-electron chi connectivity index (χ1n) is 8.70. The maximum absolute atomic E-state index is 9.47. The topological polar surface area (TPSA) is 64.0 Å². The Kier molecular flexibility index (Phi) is 4.53. The highest BCUT2D eigenvalue weighted by molar-refractivity contribution is 5.57. The third-order valence-electron chi connectivity index (χ3n) is 4.91. The molecule has 0 aliphatic heterocycles. The zero-order chi connectivity index (χ0) is 17.3. The van der Waals surface area contributed by atoms with Gasteiger partial charge in [-0.2, -0.15) is 5.26 Å². The number of nitrogen functional groups attached to an aromatic ring is 1. The van der Waals surface area contributed by atoms with Gasteiger partial charge in [-0.1, -0.05) is 38.8 Å². The number of nitriles is 1. The lowest BCUT2D eigenvalue weighted by Crippen LogP contribution is -2.09. The molecule has 2 N–H and O–H groups in total. The van der Waals surface area contributed by atoms with Crippen molar-refractivity contribution in [3.8, 4) is 17.7 Å². The number of ether oxygens (including phenoxy) is 1. The Bertz CT molecular complexity index is 777. The minimum atomic E-state index is 0.306. The van der Waals surface area contributed by atoms with E-state index < -0.39 is 0 Å². The molecule has 3 rings (SSSR count). The fraction of sp³-hybridized carbons (Fsp3) is 0.450. The van der Waals surface area contributed by atoms with E-state index in [2.05, 4.69) is 38.1 Å². The first kappa shape index (κ1) is 16.4. The van der Waals surface area contributed by atoms with Gasteiger partial charge in [-0.25, -0.2) is 0 Å². The Balaban J connectivity index is 2.03. The van der Waals surface area contributed by atoms with Gasteiger partial charge in [0, 0.05) is 12.1 Å². The van der Waals surface area contributed by atoms with Crippen LogP contribution in [0.4, 0.5) is 5.69 Å². The van der Waals surface area contributed by atoms with Gasteiger partial charge >= 0.3 is 0 Å². The average molecular weight is 323 g/mol. The van der Waals surface area contributed by atoms with E-state index in [0.717, 1.165) is 24.2 Å². The second kappa shape index (κ2) is 6.60. The summed E-state index contributed by atoms with van der Waals surface area (Å²) in [5.41, 5.74) is 9.61. The molecule has 0 saturated heterocycles. The molecule has 0 radical (unpaired) electrons. The van der Waals surface area contributed by atoms with Crippen molar-refractivity contribution in [3.63, 3.8) is 0 Å². The molecule has 4 heteroatoms. The minimum absolute atomic E-state index is 0.306. The van der Waals surface area contributed by atoms with Crippen LogP contribution in [0.15, 0.2) is 24.3 Å². The summed E-state index contributed by atoms with van der Waals surface area (Å²) in [6.45, 7) is 6.36. The molecule has 1 aromatic heterocycles. The summed E-state index contributed by atoms with van der Waals surface area (Å²) >= 11 is 0. The summed E-state index contributed by atoms with van der Waals surface area (Å²) in [6.07, 6.45) is 4.53. The molecule has 126 valence electrons. The number of hydrogen-bond donors (Lipinski definition) is 1. The van der Waals surface area contributed by atoms with Gasteiger partial charge in [-0.15, -0.1) is 0 Å². The van der Waals surface area contributed by atoms with Crippen LogP contribution in [0.2, 0.25) is 0 Å². The lowest BCUT2D eigenvalue weighted by molar-refractivity contribution is 0.391. The van der Waals surface area contributed by atoms with Gasteiger partial charge in [0.25, 0.3) is 0 Å². The molecule has 1 aromatic carbocycles. The summed E-state index contributed by atoms with van der Waals surface area (Å²) in [7, 11) is 0. The Morgan fingerprint density at radius 1 is 1.25 bits per heavy atom. The van der Waals surface area contributed by atoms with E-state index in [1.807, 2.05) is 11.5 Å². The molecule has 0 spiro atoms. The Morgan fingerprint density at radius 2 is 1.96 bits per heavy atom. The molecule has 4 nitrogen and oxygen atoms in total. The van der Waals surface area contributed by atoms with Crippen LogP contribution in [0.3, 0.4) is 0 Å². The molecule has 1 heterocycles. The standard InChI is InChI=1S/C20H25N3O/c1-13(2)15-9-8-14(3)19(10-15)24-20-18(22)11-17(12-21)23(20)16-6-4-5-7-16/h8-11,13,16H,4-7,22H2,1-3H3. The summed E-state index contributed by atoms with van der Waals surface area (Å²) in [5.74, 6) is 1.86. The Labute approximate surface area is 143 Å². The number of benzene rings is 1. The quantitative estimate of drug-likeness (QED) is 0.832. The lowest BCUT2D eigenvalue weighted by Gasteiger charge is -2.19. The van der Waals surface area contributed by atoms with Crippen molar-refractivity contribution in [3.05, 3.63) is 41.1 Å². The minimum Gasteiger partial charge on any atom is -0.438 e. The van der Waals surface area contributed by atoms with Gasteiger partial charge in [-0.3, -0.25) is 4.57 Å². The van der Waals surface area contributed by atoms with Crippen LogP contribution < -0.4 is 10.5 Å². The average Bonchev–Trinajstić information content (AvgIpc) is 3.17. The van der Waals surface area contributed by atoms with Crippen molar-refractivity contribution < 1.29 is 4.74 Å². The molecule has 1 fully saturated rings. The molecule has 0 atom stereocenters. The lowest BCUT2D eigenvalue weighted by atomic mass is 10.0. The third kappa shape index (κ3) is 2.99. The van der Waals surface area contributed by atoms with E-state index in [1.165, 1.54) is 18.4 Å². The molecule has 1 aliphatic rings. The van der Waals surface area contributed by atoms with Crippen molar-refractivity contribution in [2.45, 2.75) is 58.4 Å². The molecule has 2 aromatic rings. The maximum Gasteiger partial charge on any atom is 0.224 e. The number of nitrogens with zero attached hydrogens (tertiary/aromatic N) is 2. The van der Waals surface area contributed by atoms with Crippen molar-refractivity contribution in [1.29, 1.82) is 5.26 Å². The number of hydrogen-bond acceptors (Lipinski definition) is 3. The number of aromatic nitrogens is 1. The van der Waals surface area contributed by atoms with Gasteiger partial charge in [0.05, 0.1) is 5.69 Å². The molecule has 24 heavy (non-hydrogen) atoms. The molecular weight excluding hydrogens is 298 g/mol. The number of anilines is 1. The summed E-state index contributed by atoms with van der Waals surface area (Å²) < 4.78 is 8.25. The summed E-state index contributed by atoms with van der Waals surface area (Å²) in [5, 5.41) is 9.47. The van der Waals surface area contributed by atoms with Gasteiger partial charge in [0.1, 0.15) is 17.5 Å². The van der Waals surface area contributed by atoms with Gasteiger partial charge in [0.15, 0.2) is 0 Å². The van der Waals surface area contributed by atoms with Crippen LogP contribution in [0.5, 0.6) is 11.6 Å². The predicted octanol–water partition coefficient (Wildman–Crippen LogP) is 5.28. The van der Waals surface area contributed by atoms with Crippen LogP contribution in [0.25, 0.3) is 0 Å². The molecule has 1 saturated carbocycles. The van der Waals surface area contributed by atoms with Crippen LogP contribution in [0.1, 0.15) is 68.3 Å². The molecule has 0 amide bonds. The summed E-state index contributed by atoms with van der Waals surface area (Å²) in [4.78, 5) is 0. The number of nitrogens with two attached hydrogens (primary N) is 1. The zero-order valence-corrected chi connectivity index (χ0v) is 14.7. The maximum atomic E-state index is 9.47. The van der Waals surface area contributed by atoms with Crippen LogP contribution >= 0.6 is 0 Å². The highest BCUT2D eigenvalue weighted by Crippen LogP contribution is 2.40. The van der Waals surface area contributed by atoms with Crippen LogP contribution in [-0.2, 0) is 0 Å². The van der Waals surface area contributed by atoms with E-state index >= 15 is 0 Å². The van der Waals surface area contributed by atoms with Gasteiger partial charge in [-0.05, 0) is 42.9 Å². The van der Waals surface area contributed by atoms with Crippen molar-refractivity contribution >= 4 is 5.69 Å². The zero-order valence-electron chi connectivity index (χ0n) is 14.7. The largest absolute Gasteiger partial charge is 0.438 e. The molecule has 0 bridgehead atoms. The van der Waals surface area contributed by atoms with E-state index in [1.54, 1.807) is 6.07 Å². The smallest absolute Gasteiger partial charge is 0.224 e. The van der Waals surface area contributed by atoms with Gasteiger partial charge < -0.3 is 10.5 Å². The highest BCUT2D eigenvalue weighted by atomic mass is 16.5. The summed E-state index contributed by atoms with van der Waals surface area (Å²) in [6, 6.07) is 10.6. The first-order chi connectivity index (χ1) is 11.5. The normalized spacial score (nSPS) is 15.0. The van der Waals surface area contributed by atoms with Gasteiger partial charge in [0.2, 0.25) is 5.88 Å². The second-order valence-corrected chi connectivity index (χ2v) is 6.99. The molecule has 1 aliphatic carbocycles. The molecular formula is C20H25N3O. The van der Waals surface area contributed by atoms with E-state index in [-0.39, 0.29) is 0 Å². The van der Waals surface area contributed by atoms with Crippen LogP contribution in [0, 0.1) is 18.3 Å². The van der Waals surface area contributed by atoms with Crippen molar-refractivity contribution in [2.75, 3.05) is 5.73 Å². The van der Waals surface area contributed by atoms with E-state index in [4.69, 9.17) is 10.5 Å². The van der Waals surface area contributed by atoms with Crippen molar-refractivity contribution in [2.24, 2.45) is 0 Å². The Hall–Kier alpha value is -2.41. The fourth-order valence-corrected chi connectivity index (χ4v) is 3.44. The highest BCUT2D eigenvalue weighted by Gasteiger charge is 2.25. The first-order valence-corrected chi connectivity index (χ1v) is 8.70. The van der Waals surface area contributed by atoms with E-state index in [0.29, 0.717) is 29.2 Å².